The molecule has 2 aromatic carbocycles. The number of H-pyrrole nitrogens is 1. The molecule has 3 N–H and O–H groups in total. The number of esters is 1. The highest BCUT2D eigenvalue weighted by Gasteiger charge is 2.50. The number of carbonyl (C=O) groups is 2. The second-order valence-corrected chi connectivity index (χ2v) is 9.43. The number of hydrogen-bond donors (Lipinski definition) is 3. The predicted molar refractivity (Wildman–Crippen MR) is 144 cm³/mol. The van der Waals surface area contributed by atoms with Gasteiger partial charge in [-0.2, -0.15) is 9.78 Å². The molecule has 1 aliphatic rings. The van der Waals surface area contributed by atoms with Gasteiger partial charge in [0.2, 0.25) is 0 Å². The first kappa shape index (κ1) is 30.2. The fourth-order valence-electron chi connectivity index (χ4n) is 4.47. The van der Waals surface area contributed by atoms with Crippen LogP contribution in [0.1, 0.15) is 41.2 Å². The van der Waals surface area contributed by atoms with Crippen LogP contribution < -0.4 is 16.6 Å². The standard InChI is InChI=1S/C27H29N5O10/c1-3-40-20(33)13-19(28-25(36)17-9-11-18(12-10-17)32(38)39)22-23(41-14-16-7-5-4-6-8-16)21(34)26(42-22)31-27(37)29-24(35)15(2)30-31/h4-12,19,21-23,26,34H,3,13-14H2,1-2H3,(H,28,36)(H,29,35,37)/t19?,21-,22+,23-,26+/m1/s1. The zero-order valence-corrected chi connectivity index (χ0v) is 22.7. The molecule has 0 aliphatic carbocycles. The van der Waals surface area contributed by atoms with Crippen LogP contribution in [-0.2, 0) is 25.6 Å². The van der Waals surface area contributed by atoms with Crippen molar-refractivity contribution in [2.75, 3.05) is 6.61 Å². The fraction of sp³-hybridized carbons (Fsp3) is 0.370. The summed E-state index contributed by atoms with van der Waals surface area (Å²) in [4.78, 5) is 62.8. The van der Waals surface area contributed by atoms with E-state index in [-0.39, 0.29) is 30.2 Å². The lowest BCUT2D eigenvalue weighted by Crippen LogP contribution is -2.50. The summed E-state index contributed by atoms with van der Waals surface area (Å²) in [7, 11) is 0. The topological polar surface area (TPSA) is 205 Å². The maximum atomic E-state index is 13.2. The first-order valence-electron chi connectivity index (χ1n) is 13.0. The summed E-state index contributed by atoms with van der Waals surface area (Å²) in [5.41, 5.74) is -1.14. The first-order valence-corrected chi connectivity index (χ1v) is 13.0. The predicted octanol–water partition coefficient (Wildman–Crippen LogP) is 0.744. The summed E-state index contributed by atoms with van der Waals surface area (Å²) in [5.74, 6) is -1.39. The minimum Gasteiger partial charge on any atom is -0.466 e. The molecule has 15 heteroatoms. The quantitative estimate of drug-likeness (QED) is 0.163. The smallest absolute Gasteiger partial charge is 0.347 e. The van der Waals surface area contributed by atoms with E-state index in [1.54, 1.807) is 31.2 Å². The van der Waals surface area contributed by atoms with Crippen molar-refractivity contribution in [3.05, 3.63) is 102 Å². The van der Waals surface area contributed by atoms with Gasteiger partial charge < -0.3 is 24.6 Å². The molecule has 1 aromatic heterocycles. The van der Waals surface area contributed by atoms with Gasteiger partial charge in [0.05, 0.1) is 30.6 Å². The molecule has 15 nitrogen and oxygen atoms in total. The molecule has 3 aromatic rings. The molecule has 5 atom stereocenters. The van der Waals surface area contributed by atoms with Gasteiger partial charge in [0.25, 0.3) is 17.2 Å². The molecule has 0 radical (unpaired) electrons. The number of carbonyl (C=O) groups excluding carboxylic acids is 2. The number of nitrogens with one attached hydrogen (secondary N) is 2. The highest BCUT2D eigenvalue weighted by Crippen LogP contribution is 2.33. The van der Waals surface area contributed by atoms with Crippen molar-refractivity contribution in [3.63, 3.8) is 0 Å². The number of aliphatic hydroxyl groups excluding tert-OH is 1. The van der Waals surface area contributed by atoms with Crippen molar-refractivity contribution < 1.29 is 33.8 Å². The number of aryl methyl sites for hydroxylation is 1. The zero-order valence-electron chi connectivity index (χ0n) is 22.7. The van der Waals surface area contributed by atoms with Gasteiger partial charge in [0, 0.05) is 17.7 Å². The molecule has 1 amide bonds. The lowest BCUT2D eigenvalue weighted by molar-refractivity contribution is -0.384. The van der Waals surface area contributed by atoms with Gasteiger partial charge in [-0.05, 0) is 31.5 Å². The van der Waals surface area contributed by atoms with E-state index in [2.05, 4.69) is 15.4 Å². The molecule has 0 spiro atoms. The molecule has 2 heterocycles. The molecular formula is C27H29N5O10. The average Bonchev–Trinajstić information content (AvgIpc) is 3.29. The van der Waals surface area contributed by atoms with Crippen LogP contribution in [0.25, 0.3) is 0 Å². The van der Waals surface area contributed by atoms with E-state index in [1.165, 1.54) is 19.1 Å². The Morgan fingerprint density at radius 3 is 2.52 bits per heavy atom. The van der Waals surface area contributed by atoms with Crippen LogP contribution in [0, 0.1) is 17.0 Å². The number of nitro benzene ring substituents is 1. The van der Waals surface area contributed by atoms with Crippen molar-refractivity contribution in [1.82, 2.24) is 20.1 Å². The zero-order chi connectivity index (χ0) is 30.4. The van der Waals surface area contributed by atoms with E-state index in [4.69, 9.17) is 14.2 Å². The SMILES string of the molecule is CCOC(=O)CC(NC(=O)c1ccc([N+](=O)[O-])cc1)[C@@H]1O[C@H](n2nc(C)c(=O)[nH]c2=O)[C@H](O)[C@H]1OCc1ccccc1. The summed E-state index contributed by atoms with van der Waals surface area (Å²) < 4.78 is 17.9. The summed E-state index contributed by atoms with van der Waals surface area (Å²) in [6.07, 6.45) is -5.82. The Morgan fingerprint density at radius 2 is 1.88 bits per heavy atom. The van der Waals surface area contributed by atoms with Gasteiger partial charge in [0.15, 0.2) is 6.23 Å². The number of aromatic amines is 1. The molecule has 222 valence electrons. The van der Waals surface area contributed by atoms with Crippen LogP contribution in [0.3, 0.4) is 0 Å². The van der Waals surface area contributed by atoms with Gasteiger partial charge in [-0.1, -0.05) is 30.3 Å². The summed E-state index contributed by atoms with van der Waals surface area (Å²) in [5, 5.41) is 29.0. The van der Waals surface area contributed by atoms with Gasteiger partial charge in [-0.3, -0.25) is 29.5 Å². The van der Waals surface area contributed by atoms with Crippen LogP contribution in [0.4, 0.5) is 5.69 Å². The highest BCUT2D eigenvalue weighted by atomic mass is 16.6. The third kappa shape index (κ3) is 6.94. The molecule has 1 saturated heterocycles. The Bertz CT molecular complexity index is 1540. The maximum Gasteiger partial charge on any atom is 0.347 e. The molecular weight excluding hydrogens is 554 g/mol. The molecule has 1 fully saturated rings. The van der Waals surface area contributed by atoms with Crippen molar-refractivity contribution in [2.45, 2.75) is 57.5 Å². The number of nitrogens with zero attached hydrogens (tertiary/aromatic N) is 3. The minimum atomic E-state index is -1.53. The third-order valence-corrected chi connectivity index (χ3v) is 6.54. The molecule has 42 heavy (non-hydrogen) atoms. The van der Waals surface area contributed by atoms with E-state index < -0.39 is 65.1 Å². The summed E-state index contributed by atoms with van der Waals surface area (Å²) >= 11 is 0. The van der Waals surface area contributed by atoms with Crippen molar-refractivity contribution in [1.29, 1.82) is 0 Å². The Morgan fingerprint density at radius 1 is 1.19 bits per heavy atom. The van der Waals surface area contributed by atoms with Crippen molar-refractivity contribution in [2.24, 2.45) is 0 Å². The first-order chi connectivity index (χ1) is 20.1. The second-order valence-electron chi connectivity index (χ2n) is 9.43. The number of amides is 1. The number of benzene rings is 2. The number of ether oxygens (including phenoxy) is 3. The Labute approximate surface area is 238 Å². The molecule has 4 rings (SSSR count). The van der Waals surface area contributed by atoms with Crippen molar-refractivity contribution in [3.8, 4) is 0 Å². The highest BCUT2D eigenvalue weighted by molar-refractivity contribution is 5.94. The number of aromatic nitrogens is 3. The third-order valence-electron chi connectivity index (χ3n) is 6.54. The molecule has 0 saturated carbocycles. The largest absolute Gasteiger partial charge is 0.466 e. The monoisotopic (exact) mass is 583 g/mol. The second kappa shape index (κ2) is 13.3. The van der Waals surface area contributed by atoms with E-state index >= 15 is 0 Å². The van der Waals surface area contributed by atoms with Gasteiger partial charge in [-0.15, -0.1) is 0 Å². The lowest BCUT2D eigenvalue weighted by Gasteiger charge is -2.28. The Balaban J connectivity index is 1.69. The van der Waals surface area contributed by atoms with Crippen LogP contribution in [0.2, 0.25) is 0 Å². The number of aliphatic hydroxyl groups is 1. The lowest BCUT2D eigenvalue weighted by atomic mass is 9.99. The van der Waals surface area contributed by atoms with E-state index in [0.717, 1.165) is 22.4 Å². The summed E-state index contributed by atoms with van der Waals surface area (Å²) in [6.45, 7) is 3.04. The Hall–Kier alpha value is -4.73. The average molecular weight is 584 g/mol. The molecule has 0 bridgehead atoms. The maximum absolute atomic E-state index is 13.2. The number of non-ortho nitro benzene ring substituents is 1. The van der Waals surface area contributed by atoms with Crippen LogP contribution in [0.5, 0.6) is 0 Å². The van der Waals surface area contributed by atoms with Gasteiger partial charge in [-0.25, -0.2) is 4.79 Å². The molecule has 1 aliphatic heterocycles. The van der Waals surface area contributed by atoms with Gasteiger partial charge in [0.1, 0.15) is 24.0 Å². The van der Waals surface area contributed by atoms with Crippen LogP contribution in [0.15, 0.2) is 64.2 Å². The van der Waals surface area contributed by atoms with Crippen molar-refractivity contribution >= 4 is 17.6 Å². The van der Waals surface area contributed by atoms with E-state index in [1.807, 2.05) is 6.07 Å². The number of nitro groups is 1. The molecule has 1 unspecified atom stereocenters. The summed E-state index contributed by atoms with van der Waals surface area (Å²) in [6, 6.07) is 12.6. The van der Waals surface area contributed by atoms with Gasteiger partial charge >= 0.3 is 11.7 Å². The fourth-order valence-corrected chi connectivity index (χ4v) is 4.47. The van der Waals surface area contributed by atoms with E-state index in [0.29, 0.717) is 0 Å². The number of hydrogen-bond acceptors (Lipinski definition) is 11. The minimum absolute atomic E-state index is 0.00451. The van der Waals surface area contributed by atoms with Crippen LogP contribution >= 0.6 is 0 Å². The van der Waals surface area contributed by atoms with Crippen LogP contribution in [-0.4, -0.2) is 67.6 Å². The Kier molecular flexibility index (Phi) is 9.57. The number of rotatable bonds is 11. The normalized spacial score (nSPS) is 20.5. The van der Waals surface area contributed by atoms with E-state index in [9.17, 15) is 34.4 Å².